The number of hydrogen-bond acceptors (Lipinski definition) is 6. The maximum Gasteiger partial charge on any atom is 1.00 e. The fraction of sp³-hybridized carbons (Fsp3) is 0.861. The Morgan fingerprint density at radius 1 is 0.714 bits per heavy atom. The summed E-state index contributed by atoms with van der Waals surface area (Å²) >= 11 is 0. The molecule has 1 rings (SSSR count). The zero-order valence-electron chi connectivity index (χ0n) is 32.2. The summed E-state index contributed by atoms with van der Waals surface area (Å²) in [5.74, 6) is -2.13. The van der Waals surface area contributed by atoms with Crippen LogP contribution in [0.15, 0.2) is 4.99 Å². The molecule has 0 fully saturated rings. The van der Waals surface area contributed by atoms with Gasteiger partial charge in [-0.1, -0.05) is 123 Å². The van der Waals surface area contributed by atoms with Gasteiger partial charge in [0.25, 0.3) is 0 Å². The molecular formula is C36H68N3Na2O8+3. The van der Waals surface area contributed by atoms with Crippen molar-refractivity contribution in [3.05, 3.63) is 0 Å². The number of carboxylic acids is 3. The fourth-order valence-corrected chi connectivity index (χ4v) is 6.03. The number of nitrogens with zero attached hydrogens (tertiary/aromatic N) is 3. The van der Waals surface area contributed by atoms with Crippen LogP contribution >= 0.6 is 0 Å². The van der Waals surface area contributed by atoms with Crippen molar-refractivity contribution < 1.29 is 103 Å². The van der Waals surface area contributed by atoms with Crippen LogP contribution in [0.2, 0.25) is 0 Å². The smallest absolute Gasteiger partial charge is 0.480 e. The number of carboxylic acid groups (broad SMARTS) is 3. The molecule has 1 aliphatic rings. The minimum atomic E-state index is -1.05. The van der Waals surface area contributed by atoms with E-state index in [1.165, 1.54) is 101 Å². The maximum absolute atomic E-state index is 11.5. The monoisotopic (exact) mass is 716 g/mol. The summed E-state index contributed by atoms with van der Waals surface area (Å²) in [6, 6.07) is 0. The summed E-state index contributed by atoms with van der Waals surface area (Å²) in [4.78, 5) is 50.1. The van der Waals surface area contributed by atoms with Crippen molar-refractivity contribution in [2.75, 3.05) is 39.8 Å². The molecule has 0 saturated heterocycles. The Labute approximate surface area is 341 Å². The standard InChI is InChI=1S/C21H38N2O5.C15H29NO3.2Na/c1-3-4-5-6-7-8-9-10-11-12-13-19-22-14-15-23(19,16-20(24)25)18(2)28-17-21(26)27;1-3-4-5-6-7-8-9-10-11-12-14(17)16(2)13-15(18)19;;/h18H,3-17H2,1-2H3,(H-,24,25,26,27);3-13H2,1-2H3,(H,18,19);;/q;;2*+1/p+1. The Balaban J connectivity index is -0.000000889. The Hall–Kier alpha value is -0.530. The third kappa shape index (κ3) is 27.8. The van der Waals surface area contributed by atoms with E-state index >= 15 is 0 Å². The van der Waals surface area contributed by atoms with E-state index in [9.17, 15) is 24.3 Å². The molecule has 13 heteroatoms. The van der Waals surface area contributed by atoms with Gasteiger partial charge in [-0.05, 0) is 12.8 Å². The number of amidine groups is 1. The first-order valence-electron chi connectivity index (χ1n) is 18.4. The van der Waals surface area contributed by atoms with Gasteiger partial charge < -0.3 is 25.0 Å². The van der Waals surface area contributed by atoms with Crippen molar-refractivity contribution >= 4 is 29.7 Å². The summed E-state index contributed by atoms with van der Waals surface area (Å²) in [6.07, 6.45) is 24.2. The normalized spacial score (nSPS) is 15.6. The van der Waals surface area contributed by atoms with Crippen LogP contribution in [0, 0.1) is 0 Å². The second kappa shape index (κ2) is 34.6. The molecule has 0 aliphatic carbocycles. The van der Waals surface area contributed by atoms with Crippen LogP contribution in [0.25, 0.3) is 0 Å². The SMILES string of the molecule is CCCCCCCCCCCC(=O)N(C)CC(=O)O.CCCCCCCCCCCCC1=NCC[N+]1(CC(=O)O)C(C)OCC(=O)O.[Na+].[Na+]. The minimum absolute atomic E-state index is 0. The van der Waals surface area contributed by atoms with Gasteiger partial charge >= 0.3 is 77.0 Å². The predicted octanol–water partition coefficient (Wildman–Crippen LogP) is 1.52. The molecule has 2 unspecified atom stereocenters. The zero-order valence-corrected chi connectivity index (χ0v) is 36.2. The van der Waals surface area contributed by atoms with Gasteiger partial charge in [0.05, 0.1) is 6.54 Å². The quantitative estimate of drug-likeness (QED) is 0.0599. The second-order valence-corrected chi connectivity index (χ2v) is 13.1. The van der Waals surface area contributed by atoms with Crippen molar-refractivity contribution in [3.63, 3.8) is 0 Å². The largest absolute Gasteiger partial charge is 1.00 e. The van der Waals surface area contributed by atoms with E-state index < -0.39 is 30.7 Å². The molecular weight excluding hydrogens is 648 g/mol. The van der Waals surface area contributed by atoms with Gasteiger partial charge in [0.1, 0.15) is 13.1 Å². The van der Waals surface area contributed by atoms with Gasteiger partial charge in [-0.15, -0.1) is 0 Å². The molecule has 0 aromatic rings. The molecule has 0 spiro atoms. The predicted molar refractivity (Wildman–Crippen MR) is 187 cm³/mol. The van der Waals surface area contributed by atoms with Crippen LogP contribution in [-0.4, -0.2) is 100 Å². The number of aliphatic imine (C=N–C) groups is 1. The average molecular weight is 717 g/mol. The number of carbonyl (C=O) groups is 4. The first-order chi connectivity index (χ1) is 22.5. The Bertz CT molecular complexity index is 910. The number of aliphatic carboxylic acids is 3. The number of quaternary nitrogens is 1. The van der Waals surface area contributed by atoms with E-state index in [0.717, 1.165) is 37.9 Å². The van der Waals surface area contributed by atoms with Crippen molar-refractivity contribution in [2.24, 2.45) is 4.99 Å². The number of amides is 1. The van der Waals surface area contributed by atoms with Crippen LogP contribution in [-0.2, 0) is 23.9 Å². The molecule has 0 aromatic carbocycles. The molecule has 274 valence electrons. The Morgan fingerprint density at radius 2 is 1.16 bits per heavy atom. The van der Waals surface area contributed by atoms with Crippen LogP contribution in [0.3, 0.4) is 0 Å². The van der Waals surface area contributed by atoms with Crippen molar-refractivity contribution in [2.45, 2.75) is 162 Å². The maximum atomic E-state index is 11.5. The van der Waals surface area contributed by atoms with E-state index in [1.54, 1.807) is 14.0 Å². The first kappa shape index (κ1) is 52.8. The molecule has 0 aromatic heterocycles. The molecule has 2 atom stereocenters. The third-order valence-electron chi connectivity index (χ3n) is 8.92. The molecule has 0 saturated carbocycles. The first-order valence-corrected chi connectivity index (χ1v) is 18.4. The number of rotatable bonds is 29. The topological polar surface area (TPSA) is 154 Å². The molecule has 1 amide bonds. The van der Waals surface area contributed by atoms with Crippen LogP contribution in [0.5, 0.6) is 0 Å². The van der Waals surface area contributed by atoms with Crippen molar-refractivity contribution in [1.29, 1.82) is 0 Å². The number of ether oxygens (including phenoxy) is 1. The number of likely N-dealkylation sites (N-methyl/N-ethyl adjacent to an activating group) is 1. The van der Waals surface area contributed by atoms with E-state index in [4.69, 9.17) is 14.9 Å². The van der Waals surface area contributed by atoms with Crippen LogP contribution < -0.4 is 59.1 Å². The molecule has 11 nitrogen and oxygen atoms in total. The molecule has 0 bridgehead atoms. The van der Waals surface area contributed by atoms with E-state index in [1.807, 2.05) is 0 Å². The van der Waals surface area contributed by atoms with Crippen LogP contribution in [0.4, 0.5) is 0 Å². The number of unbranched alkanes of at least 4 members (excludes halogenated alkanes) is 17. The van der Waals surface area contributed by atoms with Gasteiger partial charge in [-0.3, -0.25) is 9.59 Å². The Kier molecular flexibility index (Phi) is 37.2. The molecule has 3 N–H and O–H groups in total. The summed E-state index contributed by atoms with van der Waals surface area (Å²) in [7, 11) is 1.55. The van der Waals surface area contributed by atoms with Gasteiger partial charge in [0, 0.05) is 26.8 Å². The van der Waals surface area contributed by atoms with Crippen LogP contribution in [0.1, 0.15) is 156 Å². The van der Waals surface area contributed by atoms with E-state index in [-0.39, 0.29) is 82.6 Å². The minimum Gasteiger partial charge on any atom is -0.480 e. The van der Waals surface area contributed by atoms with Gasteiger partial charge in [-0.25, -0.2) is 19.1 Å². The zero-order chi connectivity index (χ0) is 35.3. The molecule has 0 radical (unpaired) electrons. The van der Waals surface area contributed by atoms with Crippen molar-refractivity contribution in [3.8, 4) is 0 Å². The number of carbonyl (C=O) groups excluding carboxylic acids is 1. The second-order valence-electron chi connectivity index (χ2n) is 13.1. The fourth-order valence-electron chi connectivity index (χ4n) is 6.03. The summed E-state index contributed by atoms with van der Waals surface area (Å²) < 4.78 is 5.58. The van der Waals surface area contributed by atoms with Crippen molar-refractivity contribution in [1.82, 2.24) is 4.90 Å². The molecule has 1 aliphatic heterocycles. The third-order valence-corrected chi connectivity index (χ3v) is 8.92. The molecule has 1 heterocycles. The average Bonchev–Trinajstić information content (AvgIpc) is 3.42. The summed E-state index contributed by atoms with van der Waals surface area (Å²) in [5, 5.41) is 26.8. The van der Waals surface area contributed by atoms with E-state index in [0.29, 0.717) is 19.5 Å². The van der Waals surface area contributed by atoms with Gasteiger partial charge in [0.15, 0.2) is 19.4 Å². The van der Waals surface area contributed by atoms with Gasteiger partial charge in [-0.2, -0.15) is 0 Å². The Morgan fingerprint density at radius 3 is 1.59 bits per heavy atom. The summed E-state index contributed by atoms with van der Waals surface area (Å²) in [5.41, 5.74) is 0. The number of hydrogen-bond donors (Lipinski definition) is 3. The summed E-state index contributed by atoms with van der Waals surface area (Å²) in [6.45, 7) is 6.60. The van der Waals surface area contributed by atoms with E-state index in [2.05, 4.69) is 18.8 Å². The van der Waals surface area contributed by atoms with Gasteiger partial charge in [0.2, 0.25) is 11.7 Å². The molecule has 49 heavy (non-hydrogen) atoms.